The Morgan fingerprint density at radius 3 is 2.03 bits per heavy atom. The summed E-state index contributed by atoms with van der Waals surface area (Å²) in [5.41, 5.74) is 1.00. The molecule has 0 bridgehead atoms. The van der Waals surface area contributed by atoms with Gasteiger partial charge in [0.2, 0.25) is 17.8 Å². The average molecular weight is 520 g/mol. The lowest BCUT2D eigenvalue weighted by Gasteiger charge is -2.30. The van der Waals surface area contributed by atoms with E-state index in [1.807, 2.05) is 0 Å². The molecular formula is C27H33N7O4. The van der Waals surface area contributed by atoms with Crippen LogP contribution in [-0.2, 0) is 0 Å². The van der Waals surface area contributed by atoms with Gasteiger partial charge >= 0.3 is 0 Å². The van der Waals surface area contributed by atoms with Crippen LogP contribution >= 0.6 is 0 Å². The summed E-state index contributed by atoms with van der Waals surface area (Å²) >= 11 is 0. The summed E-state index contributed by atoms with van der Waals surface area (Å²) in [6.45, 7) is 3.61. The van der Waals surface area contributed by atoms with Crippen molar-refractivity contribution >= 4 is 35.1 Å². The Balaban J connectivity index is 1.47. The largest absolute Gasteiger partial charge is 0.508 e. The van der Waals surface area contributed by atoms with E-state index < -0.39 is 5.91 Å². The SMILES string of the molecule is COc1ccc(NC(=O)c2ccc(O)cc2O)c(Nc2nc(N3CCCCC3)nc(N3CCCCC3)n2)c1. The van der Waals surface area contributed by atoms with Crippen LogP contribution in [-0.4, -0.2) is 64.4 Å². The number of phenolic OH excluding ortho intramolecular Hbond substituents is 2. The van der Waals surface area contributed by atoms with Gasteiger partial charge in [0, 0.05) is 38.3 Å². The van der Waals surface area contributed by atoms with Crippen LogP contribution in [0.3, 0.4) is 0 Å². The molecule has 0 radical (unpaired) electrons. The molecule has 0 spiro atoms. The van der Waals surface area contributed by atoms with E-state index in [2.05, 4.69) is 20.4 Å². The van der Waals surface area contributed by atoms with Gasteiger partial charge in [-0.2, -0.15) is 15.0 Å². The van der Waals surface area contributed by atoms with Crippen molar-refractivity contribution in [2.45, 2.75) is 38.5 Å². The minimum Gasteiger partial charge on any atom is -0.508 e. The summed E-state index contributed by atoms with van der Waals surface area (Å²) in [6.07, 6.45) is 6.81. The van der Waals surface area contributed by atoms with Gasteiger partial charge < -0.3 is 35.4 Å². The van der Waals surface area contributed by atoms with E-state index in [1.54, 1.807) is 25.3 Å². The third kappa shape index (κ3) is 5.82. The first-order valence-electron chi connectivity index (χ1n) is 13.0. The zero-order valence-corrected chi connectivity index (χ0v) is 21.5. The third-order valence-electron chi connectivity index (χ3n) is 6.84. The molecule has 1 aromatic heterocycles. The van der Waals surface area contributed by atoms with Crippen LogP contribution in [0.1, 0.15) is 48.9 Å². The number of carbonyl (C=O) groups excluding carboxylic acids is 1. The smallest absolute Gasteiger partial charge is 0.259 e. The van der Waals surface area contributed by atoms with E-state index in [0.717, 1.165) is 57.9 Å². The molecule has 11 nitrogen and oxygen atoms in total. The second kappa shape index (κ2) is 11.4. The predicted octanol–water partition coefficient (Wildman–Crippen LogP) is 4.27. The summed E-state index contributed by atoms with van der Waals surface area (Å²) in [7, 11) is 1.57. The Bertz CT molecular complexity index is 1250. The first-order valence-corrected chi connectivity index (χ1v) is 13.0. The maximum absolute atomic E-state index is 13.0. The first kappa shape index (κ1) is 25.4. The Kier molecular flexibility index (Phi) is 7.62. The van der Waals surface area contributed by atoms with Crippen LogP contribution in [0.2, 0.25) is 0 Å². The highest BCUT2D eigenvalue weighted by Crippen LogP contribution is 2.32. The molecule has 1 amide bonds. The Morgan fingerprint density at radius 2 is 1.45 bits per heavy atom. The lowest BCUT2D eigenvalue weighted by Crippen LogP contribution is -2.34. The van der Waals surface area contributed by atoms with Gasteiger partial charge in [0.15, 0.2) is 0 Å². The van der Waals surface area contributed by atoms with E-state index in [4.69, 9.17) is 19.7 Å². The quantitative estimate of drug-likeness (QED) is 0.358. The van der Waals surface area contributed by atoms with Gasteiger partial charge in [-0.15, -0.1) is 0 Å². The Labute approximate surface area is 221 Å². The molecule has 38 heavy (non-hydrogen) atoms. The first-order chi connectivity index (χ1) is 18.5. The number of amides is 1. The second-order valence-corrected chi connectivity index (χ2v) is 9.55. The topological polar surface area (TPSA) is 136 Å². The van der Waals surface area contributed by atoms with Crippen LogP contribution in [0.5, 0.6) is 17.2 Å². The predicted molar refractivity (Wildman–Crippen MR) is 146 cm³/mol. The molecule has 0 saturated carbocycles. The van der Waals surface area contributed by atoms with Crippen molar-refractivity contribution in [1.82, 2.24) is 15.0 Å². The molecule has 200 valence electrons. The molecule has 0 unspecified atom stereocenters. The lowest BCUT2D eigenvalue weighted by molar-refractivity contribution is 0.102. The molecule has 5 rings (SSSR count). The zero-order chi connectivity index (χ0) is 26.5. The summed E-state index contributed by atoms with van der Waals surface area (Å²) in [6, 6.07) is 9.00. The maximum Gasteiger partial charge on any atom is 0.259 e. The number of hydrogen-bond acceptors (Lipinski definition) is 10. The highest BCUT2D eigenvalue weighted by molar-refractivity contribution is 6.07. The van der Waals surface area contributed by atoms with Gasteiger partial charge in [-0.25, -0.2) is 0 Å². The lowest BCUT2D eigenvalue weighted by atomic mass is 10.1. The van der Waals surface area contributed by atoms with Gasteiger partial charge in [-0.05, 0) is 62.8 Å². The van der Waals surface area contributed by atoms with Crippen LogP contribution in [0, 0.1) is 0 Å². The number of aromatic nitrogens is 3. The molecule has 3 aromatic rings. The van der Waals surface area contributed by atoms with Crippen molar-refractivity contribution in [1.29, 1.82) is 0 Å². The van der Waals surface area contributed by atoms with Crippen LogP contribution in [0.15, 0.2) is 36.4 Å². The van der Waals surface area contributed by atoms with Gasteiger partial charge in [-0.1, -0.05) is 0 Å². The van der Waals surface area contributed by atoms with Gasteiger partial charge in [0.05, 0.1) is 24.0 Å². The summed E-state index contributed by atoms with van der Waals surface area (Å²) in [5.74, 6) is 1.26. The zero-order valence-electron chi connectivity index (χ0n) is 21.5. The van der Waals surface area contributed by atoms with Gasteiger partial charge in [0.25, 0.3) is 5.91 Å². The Hall–Kier alpha value is -4.28. The van der Waals surface area contributed by atoms with Crippen molar-refractivity contribution in [2.24, 2.45) is 0 Å². The molecule has 2 saturated heterocycles. The Morgan fingerprint density at radius 1 is 0.816 bits per heavy atom. The molecule has 0 atom stereocenters. The average Bonchev–Trinajstić information content (AvgIpc) is 2.94. The van der Waals surface area contributed by atoms with E-state index in [9.17, 15) is 15.0 Å². The normalized spacial score (nSPS) is 15.7. The fourth-order valence-electron chi connectivity index (χ4n) is 4.77. The second-order valence-electron chi connectivity index (χ2n) is 9.55. The molecule has 2 aromatic carbocycles. The third-order valence-corrected chi connectivity index (χ3v) is 6.84. The summed E-state index contributed by atoms with van der Waals surface area (Å²) in [4.78, 5) is 31.7. The fourth-order valence-corrected chi connectivity index (χ4v) is 4.77. The summed E-state index contributed by atoms with van der Waals surface area (Å²) in [5, 5.41) is 25.8. The van der Waals surface area contributed by atoms with Gasteiger partial charge in [0.1, 0.15) is 17.2 Å². The van der Waals surface area contributed by atoms with Crippen molar-refractivity contribution in [3.63, 3.8) is 0 Å². The maximum atomic E-state index is 13.0. The van der Waals surface area contributed by atoms with Crippen molar-refractivity contribution in [3.8, 4) is 17.2 Å². The van der Waals surface area contributed by atoms with Crippen LogP contribution in [0.25, 0.3) is 0 Å². The number of nitrogens with one attached hydrogen (secondary N) is 2. The summed E-state index contributed by atoms with van der Waals surface area (Å²) < 4.78 is 5.42. The number of anilines is 5. The van der Waals surface area contributed by atoms with E-state index in [1.165, 1.54) is 25.0 Å². The van der Waals surface area contributed by atoms with E-state index in [0.29, 0.717) is 35.0 Å². The number of aromatic hydroxyl groups is 2. The number of phenols is 2. The van der Waals surface area contributed by atoms with Crippen LogP contribution in [0.4, 0.5) is 29.2 Å². The minimum atomic E-state index is -0.533. The number of carbonyl (C=O) groups is 1. The number of piperidine rings is 2. The molecule has 4 N–H and O–H groups in total. The molecule has 2 aliphatic heterocycles. The molecular weight excluding hydrogens is 486 g/mol. The number of ether oxygens (including phenoxy) is 1. The molecule has 2 fully saturated rings. The highest BCUT2D eigenvalue weighted by atomic mass is 16.5. The van der Waals surface area contributed by atoms with Crippen molar-refractivity contribution in [2.75, 3.05) is 53.7 Å². The highest BCUT2D eigenvalue weighted by Gasteiger charge is 2.21. The molecule has 2 aliphatic rings. The monoisotopic (exact) mass is 519 g/mol. The fraction of sp³-hybridized carbons (Fsp3) is 0.407. The molecule has 11 heteroatoms. The number of nitrogens with zero attached hydrogens (tertiary/aromatic N) is 5. The van der Waals surface area contributed by atoms with E-state index in [-0.39, 0.29) is 17.1 Å². The van der Waals surface area contributed by atoms with Crippen molar-refractivity contribution in [3.05, 3.63) is 42.0 Å². The standard InChI is InChI=1S/C27H33N7O4/c1-38-19-9-11-21(28-24(37)20-10-8-18(35)16-23(20)36)22(17-19)29-25-30-26(33-12-4-2-5-13-33)32-27(31-25)34-14-6-3-7-15-34/h8-11,16-17,35-36H,2-7,12-15H2,1H3,(H,28,37)(H,29,30,31,32). The number of rotatable bonds is 7. The number of methoxy groups -OCH3 is 1. The molecule has 0 aliphatic carbocycles. The number of benzene rings is 2. The minimum absolute atomic E-state index is 0.0319. The van der Waals surface area contributed by atoms with Crippen LogP contribution < -0.4 is 25.2 Å². The van der Waals surface area contributed by atoms with Gasteiger partial charge in [-0.3, -0.25) is 4.79 Å². The number of hydrogen-bond donors (Lipinski definition) is 4. The molecule has 3 heterocycles. The van der Waals surface area contributed by atoms with Crippen molar-refractivity contribution < 1.29 is 19.7 Å². The van der Waals surface area contributed by atoms with E-state index >= 15 is 0 Å².